The van der Waals surface area contributed by atoms with Crippen LogP contribution in [0.4, 0.5) is 5.69 Å². The van der Waals surface area contributed by atoms with Crippen LogP contribution in [-0.2, 0) is 19.2 Å². The molecule has 1 aliphatic rings. The van der Waals surface area contributed by atoms with Crippen molar-refractivity contribution in [3.05, 3.63) is 29.3 Å². The zero-order valence-corrected chi connectivity index (χ0v) is 14.1. The van der Waals surface area contributed by atoms with E-state index in [1.165, 1.54) is 7.05 Å². The van der Waals surface area contributed by atoms with Crippen molar-refractivity contribution in [2.75, 3.05) is 12.4 Å². The number of aryl methyl sites for hydroxylation is 2. The fourth-order valence-electron chi connectivity index (χ4n) is 3.35. The number of aliphatic carboxylic acids is 2. The summed E-state index contributed by atoms with van der Waals surface area (Å²) in [6.45, 7) is 3.68. The number of benzene rings is 1. The smallest absolute Gasteiger partial charge is 0.308 e. The fourth-order valence-corrected chi connectivity index (χ4v) is 3.35. The summed E-state index contributed by atoms with van der Waals surface area (Å²) in [5.41, 5.74) is 2.27. The highest BCUT2D eigenvalue weighted by Gasteiger charge is 2.63. The third-order valence-electron chi connectivity index (χ3n) is 4.61. The molecule has 25 heavy (non-hydrogen) atoms. The van der Waals surface area contributed by atoms with Gasteiger partial charge in [-0.05, 0) is 25.5 Å². The molecule has 1 aromatic carbocycles. The first-order valence-corrected chi connectivity index (χ1v) is 7.74. The summed E-state index contributed by atoms with van der Waals surface area (Å²) in [4.78, 5) is 47.4. The Morgan fingerprint density at radius 2 is 1.40 bits per heavy atom. The number of carbonyl (C=O) groups is 4. The van der Waals surface area contributed by atoms with Crippen LogP contribution in [0.25, 0.3) is 0 Å². The number of hydrogen-bond donors (Lipinski definition) is 4. The van der Waals surface area contributed by atoms with E-state index >= 15 is 0 Å². The molecule has 2 amide bonds. The van der Waals surface area contributed by atoms with Crippen molar-refractivity contribution in [3.8, 4) is 0 Å². The predicted molar refractivity (Wildman–Crippen MR) is 87.8 cm³/mol. The minimum atomic E-state index is -1.45. The molecule has 0 aliphatic heterocycles. The van der Waals surface area contributed by atoms with Gasteiger partial charge in [-0.2, -0.15) is 0 Å². The minimum absolute atomic E-state index is 0.495. The van der Waals surface area contributed by atoms with E-state index in [1.807, 2.05) is 13.0 Å². The molecule has 8 nitrogen and oxygen atoms in total. The normalized spacial score (nSPS) is 24.8. The highest BCUT2D eigenvalue weighted by atomic mass is 16.4. The van der Waals surface area contributed by atoms with Gasteiger partial charge in [-0.1, -0.05) is 17.7 Å². The Kier molecular flexibility index (Phi) is 5.10. The molecule has 2 rings (SSSR count). The standard InChI is InChI=1S/C17H20N2O6/c1-7-4-5-9(8(2)6-7)19-15(21)11-10(14(20)18-3)12(16(22)23)13(11)17(24)25/h4-6,10-13H,1-3H3,(H,18,20)(H,19,21)(H,22,23)(H,24,25). The zero-order chi connectivity index (χ0) is 18.9. The molecule has 0 saturated heterocycles. The van der Waals surface area contributed by atoms with Gasteiger partial charge in [0.25, 0.3) is 0 Å². The van der Waals surface area contributed by atoms with Gasteiger partial charge in [0.1, 0.15) is 0 Å². The van der Waals surface area contributed by atoms with Gasteiger partial charge in [0.2, 0.25) is 11.8 Å². The van der Waals surface area contributed by atoms with E-state index in [0.29, 0.717) is 5.69 Å². The quantitative estimate of drug-likeness (QED) is 0.617. The first kappa shape index (κ1) is 18.4. The van der Waals surface area contributed by atoms with Crippen molar-refractivity contribution in [1.82, 2.24) is 5.32 Å². The average Bonchev–Trinajstić information content (AvgIpc) is 2.48. The van der Waals surface area contributed by atoms with Crippen LogP contribution in [0.1, 0.15) is 11.1 Å². The molecule has 0 radical (unpaired) electrons. The molecule has 0 heterocycles. The van der Waals surface area contributed by atoms with E-state index in [0.717, 1.165) is 11.1 Å². The van der Waals surface area contributed by atoms with Gasteiger partial charge in [-0.25, -0.2) is 0 Å². The van der Waals surface area contributed by atoms with Crippen molar-refractivity contribution in [2.45, 2.75) is 13.8 Å². The minimum Gasteiger partial charge on any atom is -0.481 e. The lowest BCUT2D eigenvalue weighted by Gasteiger charge is -2.45. The monoisotopic (exact) mass is 348 g/mol. The van der Waals surface area contributed by atoms with Crippen LogP contribution in [-0.4, -0.2) is 41.0 Å². The number of carbonyl (C=O) groups excluding carboxylic acids is 2. The van der Waals surface area contributed by atoms with Crippen molar-refractivity contribution >= 4 is 29.4 Å². The molecule has 4 unspecified atom stereocenters. The number of nitrogens with one attached hydrogen (secondary N) is 2. The summed E-state index contributed by atoms with van der Waals surface area (Å²) in [5, 5.41) is 23.5. The van der Waals surface area contributed by atoms with E-state index in [9.17, 15) is 29.4 Å². The first-order valence-electron chi connectivity index (χ1n) is 7.74. The average molecular weight is 348 g/mol. The molecular formula is C17H20N2O6. The Balaban J connectivity index is 2.32. The van der Waals surface area contributed by atoms with Gasteiger partial charge in [0.15, 0.2) is 0 Å². The highest BCUT2D eigenvalue weighted by Crippen LogP contribution is 2.47. The van der Waals surface area contributed by atoms with Gasteiger partial charge < -0.3 is 20.8 Å². The van der Waals surface area contributed by atoms with Crippen molar-refractivity contribution < 1.29 is 29.4 Å². The summed E-state index contributed by atoms with van der Waals surface area (Å²) in [6, 6.07) is 5.32. The van der Waals surface area contributed by atoms with E-state index in [2.05, 4.69) is 10.6 Å². The molecule has 1 fully saturated rings. The van der Waals surface area contributed by atoms with Gasteiger partial charge in [-0.3, -0.25) is 19.2 Å². The lowest BCUT2D eigenvalue weighted by molar-refractivity contribution is -0.180. The summed E-state index contributed by atoms with van der Waals surface area (Å²) >= 11 is 0. The maximum Gasteiger partial charge on any atom is 0.308 e. The van der Waals surface area contributed by atoms with Crippen LogP contribution in [0, 0.1) is 37.5 Å². The summed E-state index contributed by atoms with van der Waals surface area (Å²) in [5.74, 6) is -9.52. The molecule has 1 saturated carbocycles. The Hall–Kier alpha value is -2.90. The molecular weight excluding hydrogens is 328 g/mol. The van der Waals surface area contributed by atoms with Crippen LogP contribution in [0.2, 0.25) is 0 Å². The Labute approximate surface area is 144 Å². The van der Waals surface area contributed by atoms with Crippen LogP contribution in [0.5, 0.6) is 0 Å². The van der Waals surface area contributed by atoms with E-state index in [1.54, 1.807) is 19.1 Å². The summed E-state index contributed by atoms with van der Waals surface area (Å²) in [6.07, 6.45) is 0. The van der Waals surface area contributed by atoms with Gasteiger partial charge in [-0.15, -0.1) is 0 Å². The van der Waals surface area contributed by atoms with Crippen molar-refractivity contribution in [3.63, 3.8) is 0 Å². The van der Waals surface area contributed by atoms with Gasteiger partial charge in [0, 0.05) is 12.7 Å². The first-order chi connectivity index (χ1) is 11.7. The van der Waals surface area contributed by atoms with Crippen LogP contribution in [0.3, 0.4) is 0 Å². The van der Waals surface area contributed by atoms with Gasteiger partial charge >= 0.3 is 11.9 Å². The number of carboxylic acids is 2. The van der Waals surface area contributed by atoms with Crippen LogP contribution < -0.4 is 10.6 Å². The summed E-state index contributed by atoms with van der Waals surface area (Å²) < 4.78 is 0. The number of amides is 2. The Morgan fingerprint density at radius 1 is 0.880 bits per heavy atom. The molecule has 134 valence electrons. The zero-order valence-electron chi connectivity index (χ0n) is 14.1. The number of rotatable bonds is 5. The van der Waals surface area contributed by atoms with E-state index in [-0.39, 0.29) is 0 Å². The number of carboxylic acid groups (broad SMARTS) is 2. The third-order valence-corrected chi connectivity index (χ3v) is 4.61. The molecule has 0 bridgehead atoms. The molecule has 8 heteroatoms. The fraction of sp³-hybridized carbons (Fsp3) is 0.412. The lowest BCUT2D eigenvalue weighted by atomic mass is 9.55. The topological polar surface area (TPSA) is 133 Å². The predicted octanol–water partition coefficient (Wildman–Crippen LogP) is 0.636. The third kappa shape index (κ3) is 3.33. The second kappa shape index (κ2) is 6.92. The van der Waals surface area contributed by atoms with Crippen LogP contribution >= 0.6 is 0 Å². The summed E-state index contributed by atoms with van der Waals surface area (Å²) in [7, 11) is 1.31. The second-order valence-corrected chi connectivity index (χ2v) is 6.20. The molecule has 1 aliphatic carbocycles. The maximum atomic E-state index is 12.6. The molecule has 4 N–H and O–H groups in total. The lowest BCUT2D eigenvalue weighted by Crippen LogP contribution is -2.62. The SMILES string of the molecule is CNC(=O)C1C(C(=O)O)C(C(=O)O)C1C(=O)Nc1ccc(C)cc1C. The molecule has 4 atom stereocenters. The molecule has 0 aromatic heterocycles. The van der Waals surface area contributed by atoms with E-state index in [4.69, 9.17) is 0 Å². The molecule has 1 aromatic rings. The second-order valence-electron chi connectivity index (χ2n) is 6.20. The highest BCUT2D eigenvalue weighted by molar-refractivity contribution is 6.04. The Morgan fingerprint density at radius 3 is 1.84 bits per heavy atom. The largest absolute Gasteiger partial charge is 0.481 e. The van der Waals surface area contributed by atoms with E-state index < -0.39 is 47.4 Å². The number of hydrogen-bond acceptors (Lipinski definition) is 4. The Bertz CT molecular complexity index is 745. The molecule has 0 spiro atoms. The van der Waals surface area contributed by atoms with Crippen LogP contribution in [0.15, 0.2) is 18.2 Å². The number of anilines is 1. The van der Waals surface area contributed by atoms with Crippen molar-refractivity contribution in [2.24, 2.45) is 23.7 Å². The van der Waals surface area contributed by atoms with Gasteiger partial charge in [0.05, 0.1) is 23.7 Å². The van der Waals surface area contributed by atoms with Crippen molar-refractivity contribution in [1.29, 1.82) is 0 Å². The maximum absolute atomic E-state index is 12.6.